The van der Waals surface area contributed by atoms with Crippen LogP contribution >= 0.6 is 0 Å². The van der Waals surface area contributed by atoms with E-state index in [1.54, 1.807) is 19.3 Å². The van der Waals surface area contributed by atoms with Gasteiger partial charge in [0.05, 0.1) is 0 Å². The van der Waals surface area contributed by atoms with E-state index >= 15 is 0 Å². The van der Waals surface area contributed by atoms with Gasteiger partial charge in [0, 0.05) is 0 Å². The van der Waals surface area contributed by atoms with E-state index in [2.05, 4.69) is 6.08 Å². The lowest BCUT2D eigenvalue weighted by Gasteiger charge is -2.32. The van der Waals surface area contributed by atoms with E-state index in [9.17, 15) is 0 Å². The summed E-state index contributed by atoms with van der Waals surface area (Å²) in [6.07, 6.45) is 10.3. The topological polar surface area (TPSA) is 0 Å². The second kappa shape index (κ2) is 1.81. The molecule has 2 bridgehead atoms. The van der Waals surface area contributed by atoms with Crippen molar-refractivity contribution < 1.29 is 0 Å². The van der Waals surface area contributed by atoms with Crippen molar-refractivity contribution in [3.05, 3.63) is 11.6 Å². The highest BCUT2D eigenvalue weighted by molar-refractivity contribution is 5.30. The summed E-state index contributed by atoms with van der Waals surface area (Å²) in [5.41, 5.74) is 1.84. The van der Waals surface area contributed by atoms with Crippen molar-refractivity contribution in [1.82, 2.24) is 0 Å². The van der Waals surface area contributed by atoms with Crippen LogP contribution in [-0.4, -0.2) is 0 Å². The average molecular weight is 160 g/mol. The Morgan fingerprint density at radius 1 is 1.17 bits per heavy atom. The predicted molar refractivity (Wildman–Crippen MR) is 48.6 cm³/mol. The van der Waals surface area contributed by atoms with Gasteiger partial charge in [-0.1, -0.05) is 11.6 Å². The van der Waals surface area contributed by atoms with E-state index in [4.69, 9.17) is 0 Å². The molecule has 0 radical (unpaired) electrons. The van der Waals surface area contributed by atoms with Gasteiger partial charge in [0.15, 0.2) is 0 Å². The number of rotatable bonds is 0. The second-order valence-corrected chi connectivity index (χ2v) is 5.40. The second-order valence-electron chi connectivity index (χ2n) is 5.40. The zero-order valence-electron chi connectivity index (χ0n) is 7.50. The lowest BCUT2D eigenvalue weighted by molar-refractivity contribution is 0.195. The smallest absolute Gasteiger partial charge is 0.0132 e. The molecule has 12 heavy (non-hydrogen) atoms. The molecule has 0 heteroatoms. The summed E-state index contributed by atoms with van der Waals surface area (Å²) in [5.74, 6) is 5.72. The number of hydrogen-bond acceptors (Lipinski definition) is 0. The average Bonchev–Trinajstić information content (AvgIpc) is 2.62. The molecule has 0 nitrogen and oxygen atoms in total. The minimum Gasteiger partial charge on any atom is -0.0847 e. The summed E-state index contributed by atoms with van der Waals surface area (Å²) in [6.45, 7) is 0. The van der Waals surface area contributed by atoms with E-state index in [0.29, 0.717) is 0 Å². The van der Waals surface area contributed by atoms with Gasteiger partial charge in [0.2, 0.25) is 0 Å². The van der Waals surface area contributed by atoms with Gasteiger partial charge >= 0.3 is 0 Å². The first kappa shape index (κ1) is 6.23. The first-order valence-electron chi connectivity index (χ1n) is 5.62. The molecule has 3 fully saturated rings. The van der Waals surface area contributed by atoms with Crippen LogP contribution in [0.25, 0.3) is 0 Å². The molecule has 5 unspecified atom stereocenters. The Kier molecular flexibility index (Phi) is 0.939. The van der Waals surface area contributed by atoms with Gasteiger partial charge in [-0.05, 0) is 61.7 Å². The quantitative estimate of drug-likeness (QED) is 0.478. The SMILES string of the molecule is C1=C2CC2C2C3CCC(C3)C2C1. The third kappa shape index (κ3) is 0.582. The molecule has 0 N–H and O–H groups in total. The molecule has 3 saturated carbocycles. The highest BCUT2D eigenvalue weighted by Crippen LogP contribution is 2.64. The van der Waals surface area contributed by atoms with Crippen LogP contribution in [-0.2, 0) is 0 Å². The van der Waals surface area contributed by atoms with Gasteiger partial charge < -0.3 is 0 Å². The lowest BCUT2D eigenvalue weighted by Crippen LogP contribution is -2.25. The Hall–Kier alpha value is -0.260. The molecule has 0 aromatic heterocycles. The molecule has 0 saturated heterocycles. The standard InChI is InChI=1S/C12H16/c1-2-9-5-7(1)10-4-3-8-6-11(8)12(9)10/h3,7,9-12H,1-2,4-6H2. The normalized spacial score (nSPS) is 59.3. The van der Waals surface area contributed by atoms with E-state index in [-0.39, 0.29) is 0 Å². The fourth-order valence-electron chi connectivity index (χ4n) is 4.53. The van der Waals surface area contributed by atoms with Crippen molar-refractivity contribution in [3.8, 4) is 0 Å². The Bertz CT molecular complexity index is 263. The molecule has 4 aliphatic carbocycles. The zero-order valence-corrected chi connectivity index (χ0v) is 7.50. The van der Waals surface area contributed by atoms with Crippen LogP contribution in [0.1, 0.15) is 32.1 Å². The largest absolute Gasteiger partial charge is 0.0847 e. The van der Waals surface area contributed by atoms with Crippen molar-refractivity contribution in [2.75, 3.05) is 0 Å². The van der Waals surface area contributed by atoms with Crippen LogP contribution in [0, 0.1) is 29.6 Å². The maximum absolute atomic E-state index is 2.58. The van der Waals surface area contributed by atoms with Crippen molar-refractivity contribution in [2.24, 2.45) is 29.6 Å². The van der Waals surface area contributed by atoms with Crippen molar-refractivity contribution in [3.63, 3.8) is 0 Å². The monoisotopic (exact) mass is 160 g/mol. The first-order valence-corrected chi connectivity index (χ1v) is 5.62. The third-order valence-corrected chi connectivity index (χ3v) is 5.05. The third-order valence-electron chi connectivity index (χ3n) is 5.05. The molecule has 5 atom stereocenters. The van der Waals surface area contributed by atoms with Gasteiger partial charge in [-0.3, -0.25) is 0 Å². The van der Waals surface area contributed by atoms with Crippen molar-refractivity contribution >= 4 is 0 Å². The van der Waals surface area contributed by atoms with Crippen molar-refractivity contribution in [2.45, 2.75) is 32.1 Å². The van der Waals surface area contributed by atoms with E-state index in [1.807, 2.05) is 5.57 Å². The highest BCUT2D eigenvalue weighted by Gasteiger charge is 2.55. The highest BCUT2D eigenvalue weighted by atomic mass is 14.6. The maximum Gasteiger partial charge on any atom is -0.0132 e. The summed E-state index contributed by atoms with van der Waals surface area (Å²) >= 11 is 0. The van der Waals surface area contributed by atoms with Crippen LogP contribution in [0.3, 0.4) is 0 Å². The molecule has 0 amide bonds. The number of allylic oxidation sites excluding steroid dienone is 2. The minimum absolute atomic E-state index is 1.10. The maximum atomic E-state index is 2.58. The van der Waals surface area contributed by atoms with Crippen LogP contribution in [0.2, 0.25) is 0 Å². The van der Waals surface area contributed by atoms with Crippen LogP contribution in [0.4, 0.5) is 0 Å². The number of hydrogen-bond donors (Lipinski definition) is 0. The first-order chi connectivity index (χ1) is 5.93. The Balaban J connectivity index is 1.77. The van der Waals surface area contributed by atoms with Crippen LogP contribution in [0.15, 0.2) is 11.6 Å². The summed E-state index contributed by atoms with van der Waals surface area (Å²) in [7, 11) is 0. The molecule has 0 aromatic carbocycles. The zero-order chi connectivity index (χ0) is 7.71. The minimum atomic E-state index is 1.10. The van der Waals surface area contributed by atoms with Crippen molar-refractivity contribution in [1.29, 1.82) is 0 Å². The van der Waals surface area contributed by atoms with Gasteiger partial charge in [0.25, 0.3) is 0 Å². The van der Waals surface area contributed by atoms with Crippen LogP contribution < -0.4 is 0 Å². The Morgan fingerprint density at radius 2 is 2.08 bits per heavy atom. The molecule has 0 spiro atoms. The molecule has 4 aliphatic rings. The van der Waals surface area contributed by atoms with Gasteiger partial charge in [0.1, 0.15) is 0 Å². The predicted octanol–water partition coefficient (Wildman–Crippen LogP) is 3.00. The van der Waals surface area contributed by atoms with E-state index in [1.165, 1.54) is 18.8 Å². The molecular formula is C12H16. The summed E-state index contributed by atoms with van der Waals surface area (Å²) in [5, 5.41) is 0. The fourth-order valence-corrected chi connectivity index (χ4v) is 4.53. The van der Waals surface area contributed by atoms with Gasteiger partial charge in [-0.25, -0.2) is 0 Å². The summed E-state index contributed by atoms with van der Waals surface area (Å²) in [4.78, 5) is 0. The number of fused-ring (bicyclic) bond motifs is 7. The molecule has 64 valence electrons. The molecule has 0 heterocycles. The van der Waals surface area contributed by atoms with E-state index in [0.717, 1.165) is 23.7 Å². The molecule has 0 aliphatic heterocycles. The van der Waals surface area contributed by atoms with Gasteiger partial charge in [-0.2, -0.15) is 0 Å². The Labute approximate surface area is 74.0 Å². The fraction of sp³-hybridized carbons (Fsp3) is 0.833. The van der Waals surface area contributed by atoms with Crippen LogP contribution in [0.5, 0.6) is 0 Å². The van der Waals surface area contributed by atoms with E-state index < -0.39 is 0 Å². The lowest BCUT2D eigenvalue weighted by atomic mass is 9.73. The summed E-state index contributed by atoms with van der Waals surface area (Å²) < 4.78 is 0. The molecular weight excluding hydrogens is 144 g/mol. The molecule has 0 aromatic rings. The Morgan fingerprint density at radius 3 is 3.08 bits per heavy atom. The summed E-state index contributed by atoms with van der Waals surface area (Å²) in [6, 6.07) is 0. The van der Waals surface area contributed by atoms with Gasteiger partial charge in [-0.15, -0.1) is 0 Å². The molecule has 4 rings (SSSR count).